The van der Waals surface area contributed by atoms with Crippen LogP contribution in [-0.4, -0.2) is 4.57 Å². The van der Waals surface area contributed by atoms with Crippen molar-refractivity contribution in [3.63, 3.8) is 0 Å². The van der Waals surface area contributed by atoms with Crippen LogP contribution in [0.15, 0.2) is 222 Å². The Morgan fingerprint density at radius 2 is 1.11 bits per heavy atom. The molecule has 0 bridgehead atoms. The maximum absolute atomic E-state index is 9.96. The lowest BCUT2D eigenvalue weighted by Gasteiger charge is -2.27. The van der Waals surface area contributed by atoms with Crippen molar-refractivity contribution in [2.75, 3.05) is 4.90 Å². The van der Waals surface area contributed by atoms with Gasteiger partial charge in [-0.1, -0.05) is 145 Å². The van der Waals surface area contributed by atoms with E-state index in [1.807, 2.05) is 0 Å². The van der Waals surface area contributed by atoms with Crippen LogP contribution in [0.2, 0.25) is 0 Å². The molecule has 11 rings (SSSR count). The number of hydrogen-bond acceptors (Lipinski definition) is 2. The summed E-state index contributed by atoms with van der Waals surface area (Å²) in [7, 11) is 0. The molecule has 0 atom stereocenters. The van der Waals surface area contributed by atoms with E-state index < -0.39 is 259 Å². The normalized spacial score (nSPS) is 18.9. The maximum Gasteiger partial charge on any atom is 0.135 e. The molecule has 11 aromatic rings. The molecule has 0 radical (unpaired) electrons. The fourth-order valence-electron chi connectivity index (χ4n) is 6.63. The molecule has 57 heavy (non-hydrogen) atoms. The summed E-state index contributed by atoms with van der Waals surface area (Å²) in [5, 5.41) is -1.47. The molecule has 0 saturated heterocycles. The Labute approximate surface area is 373 Å². The van der Waals surface area contributed by atoms with Gasteiger partial charge in [0.1, 0.15) is 11.2 Å². The minimum atomic E-state index is -1.00. The predicted molar refractivity (Wildman–Crippen MR) is 239 cm³/mol. The zero-order chi connectivity index (χ0) is 63.8. The Bertz CT molecular complexity index is 4920. The second-order valence-corrected chi connectivity index (χ2v) is 12.3. The van der Waals surface area contributed by atoms with E-state index in [1.165, 1.54) is 0 Å². The number of furan rings is 1. The first-order chi connectivity index (χ1) is 40.7. The molecular weight excluding hydrogens is 693 g/mol. The Balaban J connectivity index is 1.37. The highest BCUT2D eigenvalue weighted by Crippen LogP contribution is 2.46. The minimum Gasteiger partial charge on any atom is -0.456 e. The Hall–Kier alpha value is -7.62. The van der Waals surface area contributed by atoms with E-state index >= 15 is 0 Å². The van der Waals surface area contributed by atoms with Gasteiger partial charge in [0.25, 0.3) is 0 Å². The lowest BCUT2D eigenvalue weighted by Crippen LogP contribution is -2.10. The van der Waals surface area contributed by atoms with Crippen LogP contribution in [-0.2, 0) is 0 Å². The average Bonchev–Trinajstić information content (AvgIpc) is 1.60. The molecule has 9 aromatic carbocycles. The van der Waals surface area contributed by atoms with Crippen molar-refractivity contribution in [2.45, 2.75) is 0 Å². The van der Waals surface area contributed by atoms with Crippen molar-refractivity contribution in [1.82, 2.24) is 4.57 Å². The first kappa shape index (κ1) is 14.5. The Kier molecular flexibility index (Phi) is 3.45. The third-order valence-corrected chi connectivity index (χ3v) is 9.05. The molecule has 3 nitrogen and oxygen atoms in total. The largest absolute Gasteiger partial charge is 0.456 e. The van der Waals surface area contributed by atoms with Gasteiger partial charge in [0.15, 0.2) is 0 Å². The molecule has 2 aromatic heterocycles. The predicted octanol–water partition coefficient (Wildman–Crippen LogP) is 15.2. The molecule has 0 spiro atoms. The lowest BCUT2D eigenvalue weighted by atomic mass is 10.00. The van der Waals surface area contributed by atoms with E-state index in [4.69, 9.17) is 31.8 Å². The molecule has 0 unspecified atom stereocenters. The third kappa shape index (κ3) is 5.68. The van der Waals surface area contributed by atoms with Gasteiger partial charge in [0, 0.05) is 38.6 Å². The molecule has 0 aliphatic rings. The van der Waals surface area contributed by atoms with Gasteiger partial charge in [-0.2, -0.15) is 0 Å². The third-order valence-electron chi connectivity index (χ3n) is 9.05. The van der Waals surface area contributed by atoms with Gasteiger partial charge in [-0.05, 0) is 106 Å². The van der Waals surface area contributed by atoms with Crippen molar-refractivity contribution in [3.05, 3.63) is 218 Å². The molecule has 268 valence electrons. The van der Waals surface area contributed by atoms with Crippen molar-refractivity contribution in [1.29, 1.82) is 0 Å². The molecule has 2 heterocycles. The molecule has 0 aliphatic heterocycles. The van der Waals surface area contributed by atoms with Crippen molar-refractivity contribution >= 4 is 60.8 Å². The van der Waals surface area contributed by atoms with Crippen molar-refractivity contribution < 1.29 is 45.5 Å². The lowest BCUT2D eigenvalue weighted by molar-refractivity contribution is 0.669. The van der Waals surface area contributed by atoms with Crippen LogP contribution < -0.4 is 4.90 Å². The number of hydrogen-bond donors (Lipinski definition) is 0. The van der Waals surface area contributed by atoms with E-state index in [0.29, 0.717) is 0 Å². The van der Waals surface area contributed by atoms with Gasteiger partial charge in [-0.15, -0.1) is 0 Å². The highest BCUT2D eigenvalue weighted by molar-refractivity contribution is 6.17. The Morgan fingerprint density at radius 3 is 1.93 bits per heavy atom. The van der Waals surface area contributed by atoms with Crippen LogP contribution in [0.1, 0.15) is 41.1 Å². The van der Waals surface area contributed by atoms with Gasteiger partial charge in [0.2, 0.25) is 0 Å². The highest BCUT2D eigenvalue weighted by Gasteiger charge is 2.22. The van der Waals surface area contributed by atoms with Crippen LogP contribution in [0.4, 0.5) is 17.1 Å². The monoisotopic (exact) mass is 758 g/mol. The standard InChI is InChI=1S/C54H36N2O/c1-4-15-37(16-5-1)39-19-12-23-44(33-39)55(45-24-13-20-40(34-45)38-17-6-2-7-18-38)49-26-14-27-50-54(49)47-31-29-42(36-51(47)56(50)43-21-8-3-9-22-43)41-30-32-53-48(35-41)46-25-10-11-28-52(46)57-53/h1-36H/i1D,2D,3D,4D,5D,6D,7D,8D,9D,10D,11D,12D,14D,15D,16D,17D,18D,19D,20D,21D,22D,25D,26D,27D,28D,29D,30D,32D,34D,35D. The van der Waals surface area contributed by atoms with E-state index in [-0.39, 0.29) is 21.7 Å². The van der Waals surface area contributed by atoms with Crippen LogP contribution in [0, 0.1) is 0 Å². The SMILES string of the molecule is [2H]c1cc2c3c(N(c4cc([2H])c([2H])c(-c5c([2H])c([2H])c([2H])c([2H])c5[2H])c4)c4ccc([2H])c(-c5c([2H])c([2H])c([2H])c([2H])c5[2H])c4[2H])c([2H])c([2H])c([2H])c3n(-c3c([2H])c([2H])c([2H])c([2H])c3[2H])c2cc1-c1c([2H])c([2H])c2oc3c([2H])c([2H])c([2H])c([2H])c3c2c1[2H]. The van der Waals surface area contributed by atoms with Gasteiger partial charge in [0.05, 0.1) is 57.8 Å². The summed E-state index contributed by atoms with van der Waals surface area (Å²) in [4.78, 5) is 0.943. The van der Waals surface area contributed by atoms with E-state index in [1.54, 1.807) is 0 Å². The molecule has 0 aliphatic carbocycles. The fraction of sp³-hybridized carbons (Fsp3) is 0. The van der Waals surface area contributed by atoms with Crippen LogP contribution in [0.5, 0.6) is 0 Å². The van der Waals surface area contributed by atoms with Crippen molar-refractivity contribution in [3.8, 4) is 39.1 Å². The van der Waals surface area contributed by atoms with Gasteiger partial charge in [-0.3, -0.25) is 0 Å². The summed E-state index contributed by atoms with van der Waals surface area (Å²) in [6, 6.07) is -18.3. The molecule has 0 amide bonds. The average molecular weight is 759 g/mol. The second-order valence-electron chi connectivity index (χ2n) is 12.3. The summed E-state index contributed by atoms with van der Waals surface area (Å²) < 4.78 is 276. The summed E-state index contributed by atoms with van der Waals surface area (Å²) in [6.45, 7) is 0. The minimum absolute atomic E-state index is 0.302. The van der Waals surface area contributed by atoms with Gasteiger partial charge >= 0.3 is 0 Å². The van der Waals surface area contributed by atoms with Crippen molar-refractivity contribution in [2.24, 2.45) is 0 Å². The second kappa shape index (κ2) is 13.6. The van der Waals surface area contributed by atoms with Gasteiger partial charge < -0.3 is 13.9 Å². The Morgan fingerprint density at radius 1 is 0.421 bits per heavy atom. The maximum atomic E-state index is 9.96. The zero-order valence-electron chi connectivity index (χ0n) is 58.8. The molecule has 0 fully saturated rings. The number of fused-ring (bicyclic) bond motifs is 6. The highest BCUT2D eigenvalue weighted by atomic mass is 16.3. The van der Waals surface area contributed by atoms with Crippen LogP contribution in [0.25, 0.3) is 82.8 Å². The van der Waals surface area contributed by atoms with Gasteiger partial charge in [-0.25, -0.2) is 0 Å². The van der Waals surface area contributed by atoms with E-state index in [2.05, 4.69) is 0 Å². The summed E-state index contributed by atoms with van der Waals surface area (Å²) in [5.74, 6) is 0. The molecule has 0 saturated carbocycles. The summed E-state index contributed by atoms with van der Waals surface area (Å²) >= 11 is 0. The summed E-state index contributed by atoms with van der Waals surface area (Å²) in [6.07, 6.45) is 0. The quantitative estimate of drug-likeness (QED) is 0.161. The van der Waals surface area contributed by atoms with E-state index in [0.717, 1.165) is 45.9 Å². The first-order valence-corrected chi connectivity index (χ1v) is 17.0. The number of anilines is 3. The fourth-order valence-corrected chi connectivity index (χ4v) is 6.63. The number of benzene rings is 9. The smallest absolute Gasteiger partial charge is 0.135 e. The number of nitrogens with zero attached hydrogens (tertiary/aromatic N) is 2. The molecule has 0 N–H and O–H groups in total. The molecular formula is C54H36N2O. The zero-order valence-corrected chi connectivity index (χ0v) is 28.8. The number of aromatic nitrogens is 1. The number of para-hydroxylation sites is 2. The first-order valence-electron chi connectivity index (χ1n) is 32.0. The number of rotatable bonds is 7. The topological polar surface area (TPSA) is 21.3 Å². The molecule has 3 heteroatoms. The summed E-state index contributed by atoms with van der Waals surface area (Å²) in [5.41, 5.74) is -7.63. The van der Waals surface area contributed by atoms with Crippen LogP contribution in [0.3, 0.4) is 0 Å². The van der Waals surface area contributed by atoms with E-state index in [9.17, 15) is 13.7 Å². The van der Waals surface area contributed by atoms with Crippen LogP contribution >= 0.6 is 0 Å².